The number of rotatable bonds is 6. The molecule has 0 amide bonds. The van der Waals surface area contributed by atoms with Crippen LogP contribution < -0.4 is 10.6 Å². The molecule has 28 heavy (non-hydrogen) atoms. The first-order valence-electron chi connectivity index (χ1n) is 8.34. The fourth-order valence-electron chi connectivity index (χ4n) is 2.42. The second-order valence-electron chi connectivity index (χ2n) is 6.04. The maximum absolute atomic E-state index is 12.6. The second kappa shape index (κ2) is 8.91. The quantitative estimate of drug-likeness (QED) is 0.539. The lowest BCUT2D eigenvalue weighted by Gasteiger charge is -2.11. The van der Waals surface area contributed by atoms with Crippen molar-refractivity contribution in [1.82, 2.24) is 15.6 Å². The molecule has 0 radical (unpaired) electrons. The van der Waals surface area contributed by atoms with E-state index in [9.17, 15) is 21.6 Å². The van der Waals surface area contributed by atoms with Crippen molar-refractivity contribution in [2.24, 2.45) is 4.99 Å². The molecule has 0 aliphatic carbocycles. The van der Waals surface area contributed by atoms with Crippen LogP contribution in [0.1, 0.15) is 28.8 Å². The first kappa shape index (κ1) is 22.2. The SMILES string of the molecule is CCNC(=NCc1ccc(S(C)(=O)=O)c(C)c1)NCc1nc(C(F)(F)F)cs1. The van der Waals surface area contributed by atoms with E-state index in [4.69, 9.17) is 0 Å². The third-order valence-corrected chi connectivity index (χ3v) is 5.76. The normalized spacial score (nSPS) is 12.9. The number of halogens is 3. The smallest absolute Gasteiger partial charge is 0.357 e. The number of alkyl halides is 3. The van der Waals surface area contributed by atoms with Gasteiger partial charge in [-0.05, 0) is 31.0 Å². The Morgan fingerprint density at radius 3 is 2.54 bits per heavy atom. The molecule has 2 aromatic rings. The van der Waals surface area contributed by atoms with E-state index < -0.39 is 21.7 Å². The van der Waals surface area contributed by atoms with E-state index in [0.29, 0.717) is 23.1 Å². The molecule has 11 heteroatoms. The number of thiazole rings is 1. The van der Waals surface area contributed by atoms with E-state index in [2.05, 4.69) is 20.6 Å². The number of guanidine groups is 1. The fraction of sp³-hybridized carbons (Fsp3) is 0.412. The number of sulfone groups is 1. The van der Waals surface area contributed by atoms with Gasteiger partial charge in [-0.2, -0.15) is 13.2 Å². The highest BCUT2D eigenvalue weighted by atomic mass is 32.2. The van der Waals surface area contributed by atoms with E-state index in [1.165, 1.54) is 0 Å². The minimum atomic E-state index is -4.46. The number of benzene rings is 1. The van der Waals surface area contributed by atoms with Gasteiger partial charge in [0.2, 0.25) is 0 Å². The Morgan fingerprint density at radius 2 is 2.00 bits per heavy atom. The topological polar surface area (TPSA) is 83.5 Å². The molecule has 0 spiro atoms. The predicted octanol–water partition coefficient (Wildman–Crippen LogP) is 3.13. The van der Waals surface area contributed by atoms with Crippen LogP contribution in [0, 0.1) is 6.92 Å². The van der Waals surface area contributed by atoms with E-state index in [1.807, 2.05) is 6.92 Å². The van der Waals surface area contributed by atoms with Crippen LogP contribution in [0.3, 0.4) is 0 Å². The highest BCUT2D eigenvalue weighted by Crippen LogP contribution is 2.29. The summed E-state index contributed by atoms with van der Waals surface area (Å²) in [5.41, 5.74) is 0.545. The zero-order valence-electron chi connectivity index (χ0n) is 15.6. The lowest BCUT2D eigenvalue weighted by atomic mass is 10.1. The molecule has 0 fully saturated rings. The summed E-state index contributed by atoms with van der Waals surface area (Å²) in [5.74, 6) is 0.427. The van der Waals surface area contributed by atoms with Gasteiger partial charge < -0.3 is 10.6 Å². The van der Waals surface area contributed by atoms with Gasteiger partial charge in [0, 0.05) is 18.2 Å². The number of nitrogens with zero attached hydrogens (tertiary/aromatic N) is 2. The van der Waals surface area contributed by atoms with Crippen LogP contribution >= 0.6 is 11.3 Å². The van der Waals surface area contributed by atoms with Crippen molar-refractivity contribution in [2.75, 3.05) is 12.8 Å². The van der Waals surface area contributed by atoms with Gasteiger partial charge in [-0.25, -0.2) is 18.4 Å². The maximum Gasteiger partial charge on any atom is 0.434 e. The van der Waals surface area contributed by atoms with Gasteiger partial charge >= 0.3 is 6.18 Å². The summed E-state index contributed by atoms with van der Waals surface area (Å²) >= 11 is 0.924. The molecule has 2 rings (SSSR count). The summed E-state index contributed by atoms with van der Waals surface area (Å²) in [7, 11) is -3.28. The van der Waals surface area contributed by atoms with E-state index in [1.54, 1.807) is 25.1 Å². The maximum atomic E-state index is 12.6. The molecular formula is C17H21F3N4O2S2. The van der Waals surface area contributed by atoms with Gasteiger partial charge in [-0.3, -0.25) is 0 Å². The highest BCUT2D eigenvalue weighted by molar-refractivity contribution is 7.90. The Bertz CT molecular complexity index is 954. The van der Waals surface area contributed by atoms with Crippen LogP contribution in [-0.4, -0.2) is 32.2 Å². The van der Waals surface area contributed by atoms with Crippen molar-refractivity contribution < 1.29 is 21.6 Å². The monoisotopic (exact) mass is 434 g/mol. The summed E-state index contributed by atoms with van der Waals surface area (Å²) in [4.78, 5) is 8.23. The molecule has 0 aliphatic heterocycles. The van der Waals surface area contributed by atoms with Crippen molar-refractivity contribution in [3.8, 4) is 0 Å². The molecule has 1 aromatic heterocycles. The van der Waals surface area contributed by atoms with Crippen LogP contribution in [0.4, 0.5) is 13.2 Å². The lowest BCUT2D eigenvalue weighted by molar-refractivity contribution is -0.140. The molecule has 1 heterocycles. The lowest BCUT2D eigenvalue weighted by Crippen LogP contribution is -2.36. The van der Waals surface area contributed by atoms with E-state index >= 15 is 0 Å². The number of aryl methyl sites for hydroxylation is 1. The Hall–Kier alpha value is -2.14. The van der Waals surface area contributed by atoms with Gasteiger partial charge in [0.15, 0.2) is 21.5 Å². The summed E-state index contributed by atoms with van der Waals surface area (Å²) in [5, 5.41) is 7.23. The van der Waals surface area contributed by atoms with Crippen LogP contribution in [0.2, 0.25) is 0 Å². The largest absolute Gasteiger partial charge is 0.434 e. The van der Waals surface area contributed by atoms with Crippen molar-refractivity contribution in [3.05, 3.63) is 45.4 Å². The number of aromatic nitrogens is 1. The minimum absolute atomic E-state index is 0.110. The van der Waals surface area contributed by atoms with Gasteiger partial charge in [0.25, 0.3) is 0 Å². The van der Waals surface area contributed by atoms with Crippen LogP contribution in [0.5, 0.6) is 0 Å². The average molecular weight is 435 g/mol. The molecular weight excluding hydrogens is 413 g/mol. The molecule has 0 bridgehead atoms. The average Bonchev–Trinajstić information content (AvgIpc) is 3.05. The predicted molar refractivity (Wildman–Crippen MR) is 103 cm³/mol. The summed E-state index contributed by atoms with van der Waals surface area (Å²) in [6.45, 7) is 4.55. The molecule has 0 saturated heterocycles. The molecule has 0 aliphatic rings. The molecule has 6 nitrogen and oxygen atoms in total. The number of hydrogen-bond donors (Lipinski definition) is 2. The fourth-order valence-corrected chi connectivity index (χ4v) is 4.12. The number of hydrogen-bond acceptors (Lipinski definition) is 5. The van der Waals surface area contributed by atoms with Gasteiger partial charge in [0.1, 0.15) is 5.01 Å². The van der Waals surface area contributed by atoms with Crippen LogP contribution in [0.25, 0.3) is 0 Å². The zero-order chi connectivity index (χ0) is 20.9. The third-order valence-electron chi connectivity index (χ3n) is 3.65. The molecule has 0 unspecified atom stereocenters. The Balaban J connectivity index is 2.06. The summed E-state index contributed by atoms with van der Waals surface area (Å²) in [6, 6.07) is 4.98. The van der Waals surface area contributed by atoms with Gasteiger partial charge in [-0.15, -0.1) is 11.3 Å². The molecule has 1 aromatic carbocycles. The van der Waals surface area contributed by atoms with Crippen LogP contribution in [0.15, 0.2) is 33.5 Å². The van der Waals surface area contributed by atoms with Crippen LogP contribution in [-0.2, 0) is 29.1 Å². The van der Waals surface area contributed by atoms with Gasteiger partial charge in [-0.1, -0.05) is 12.1 Å². The Morgan fingerprint density at radius 1 is 1.29 bits per heavy atom. The molecule has 2 N–H and O–H groups in total. The molecule has 0 atom stereocenters. The Labute approximate surface area is 165 Å². The zero-order valence-corrected chi connectivity index (χ0v) is 17.2. The second-order valence-corrected chi connectivity index (χ2v) is 8.97. The standard InChI is InChI=1S/C17H21F3N4O2S2/c1-4-21-16(23-9-15-24-14(10-27-15)17(18,19)20)22-8-12-5-6-13(11(2)7-12)28(3,25)26/h5-7,10H,4,8-9H2,1-3H3,(H2,21,22,23). The van der Waals surface area contributed by atoms with Crippen molar-refractivity contribution in [3.63, 3.8) is 0 Å². The number of nitrogens with one attached hydrogen (secondary N) is 2. The third kappa shape index (κ3) is 6.20. The van der Waals surface area contributed by atoms with Gasteiger partial charge in [0.05, 0.1) is 18.0 Å². The van der Waals surface area contributed by atoms with Crippen molar-refractivity contribution in [1.29, 1.82) is 0 Å². The first-order valence-corrected chi connectivity index (χ1v) is 11.1. The summed E-state index contributed by atoms with van der Waals surface area (Å²) in [6.07, 6.45) is -3.30. The minimum Gasteiger partial charge on any atom is -0.357 e. The highest BCUT2D eigenvalue weighted by Gasteiger charge is 2.33. The molecule has 154 valence electrons. The molecule has 0 saturated carbocycles. The first-order chi connectivity index (χ1) is 13.0. The van der Waals surface area contributed by atoms with E-state index in [0.717, 1.165) is 28.5 Å². The van der Waals surface area contributed by atoms with Crippen molar-refractivity contribution in [2.45, 2.75) is 38.0 Å². The van der Waals surface area contributed by atoms with E-state index in [-0.39, 0.29) is 18.0 Å². The van der Waals surface area contributed by atoms with Crippen molar-refractivity contribution >= 4 is 27.1 Å². The summed E-state index contributed by atoms with van der Waals surface area (Å²) < 4.78 is 61.2. The Kier molecular flexibility index (Phi) is 7.05. The number of aliphatic imine (C=N–C) groups is 1.